The quantitative estimate of drug-likeness (QED) is 0.674. The number of carbonyl (C=O) groups excluding carboxylic acids is 1. The van der Waals surface area contributed by atoms with Crippen molar-refractivity contribution < 1.29 is 4.79 Å². The lowest BCUT2D eigenvalue weighted by Gasteiger charge is -2.20. The summed E-state index contributed by atoms with van der Waals surface area (Å²) < 4.78 is 0. The van der Waals surface area contributed by atoms with Gasteiger partial charge in [-0.3, -0.25) is 4.79 Å². The van der Waals surface area contributed by atoms with Crippen LogP contribution in [-0.4, -0.2) is 25.2 Å². The molecule has 4 nitrogen and oxygen atoms in total. The molecule has 5 heteroatoms. The van der Waals surface area contributed by atoms with Crippen molar-refractivity contribution in [1.82, 2.24) is 5.43 Å². The number of benzene rings is 2. The van der Waals surface area contributed by atoms with Crippen molar-refractivity contribution in [3.8, 4) is 0 Å². The molecule has 1 aliphatic heterocycles. The fraction of sp³-hybridized carbons (Fsp3) is 0.263. The average Bonchev–Trinajstić information content (AvgIpc) is 3.10. The van der Waals surface area contributed by atoms with Crippen molar-refractivity contribution in [2.24, 2.45) is 5.10 Å². The maximum Gasteiger partial charge on any atom is 0.271 e. The minimum atomic E-state index is -0.256. The third-order valence-corrected chi connectivity index (χ3v) is 4.41. The van der Waals surface area contributed by atoms with Crippen LogP contribution in [0, 0.1) is 6.92 Å². The van der Waals surface area contributed by atoms with Gasteiger partial charge >= 0.3 is 0 Å². The van der Waals surface area contributed by atoms with Crippen LogP contribution in [0.15, 0.2) is 47.6 Å². The highest BCUT2D eigenvalue weighted by Crippen LogP contribution is 2.24. The van der Waals surface area contributed by atoms with E-state index in [0.29, 0.717) is 10.6 Å². The fourth-order valence-electron chi connectivity index (χ4n) is 2.90. The summed E-state index contributed by atoms with van der Waals surface area (Å²) in [5.74, 6) is -0.256. The lowest BCUT2D eigenvalue weighted by atomic mass is 10.1. The third-order valence-electron chi connectivity index (χ3n) is 4.15. The van der Waals surface area contributed by atoms with E-state index in [1.54, 1.807) is 30.5 Å². The van der Waals surface area contributed by atoms with E-state index in [-0.39, 0.29) is 5.91 Å². The lowest BCUT2D eigenvalue weighted by Crippen LogP contribution is -2.19. The summed E-state index contributed by atoms with van der Waals surface area (Å²) >= 11 is 5.81. The van der Waals surface area contributed by atoms with Crippen LogP contribution in [0.2, 0.25) is 5.02 Å². The minimum Gasteiger partial charge on any atom is -0.371 e. The summed E-state index contributed by atoms with van der Waals surface area (Å²) in [5, 5.41) is 4.64. The smallest absolute Gasteiger partial charge is 0.271 e. The summed E-state index contributed by atoms with van der Waals surface area (Å²) in [6.07, 6.45) is 4.19. The first kappa shape index (κ1) is 16.5. The van der Waals surface area contributed by atoms with E-state index in [1.165, 1.54) is 24.1 Å². The third kappa shape index (κ3) is 3.95. The molecule has 0 unspecified atom stereocenters. The first-order valence-corrected chi connectivity index (χ1v) is 8.46. The number of anilines is 1. The molecule has 1 saturated heterocycles. The number of aryl methyl sites for hydroxylation is 1. The van der Waals surface area contributed by atoms with Crippen molar-refractivity contribution in [3.05, 3.63) is 64.2 Å². The monoisotopic (exact) mass is 341 g/mol. The molecule has 0 aromatic heterocycles. The van der Waals surface area contributed by atoms with Crippen LogP contribution in [0.1, 0.15) is 34.3 Å². The summed E-state index contributed by atoms with van der Waals surface area (Å²) in [6.45, 7) is 4.37. The van der Waals surface area contributed by atoms with Gasteiger partial charge < -0.3 is 4.90 Å². The van der Waals surface area contributed by atoms with Crippen molar-refractivity contribution in [1.29, 1.82) is 0 Å². The number of nitrogens with one attached hydrogen (secondary N) is 1. The average molecular weight is 342 g/mol. The number of hydrazone groups is 1. The molecule has 1 heterocycles. The zero-order valence-electron chi connectivity index (χ0n) is 13.6. The second kappa shape index (κ2) is 7.49. The van der Waals surface area contributed by atoms with Crippen LogP contribution < -0.4 is 10.3 Å². The Bertz CT molecular complexity index is 750. The van der Waals surface area contributed by atoms with Crippen LogP contribution in [0.5, 0.6) is 0 Å². The van der Waals surface area contributed by atoms with Crippen LogP contribution in [0.25, 0.3) is 0 Å². The Morgan fingerprint density at radius 1 is 1.17 bits per heavy atom. The fourth-order valence-corrected chi connectivity index (χ4v) is 3.03. The first-order valence-electron chi connectivity index (χ1n) is 8.08. The van der Waals surface area contributed by atoms with Crippen molar-refractivity contribution in [2.45, 2.75) is 19.8 Å². The van der Waals surface area contributed by atoms with E-state index in [0.717, 1.165) is 18.7 Å². The Hall–Kier alpha value is -2.33. The molecule has 0 spiro atoms. The van der Waals surface area contributed by atoms with E-state index >= 15 is 0 Å². The molecule has 0 saturated carbocycles. The molecule has 1 amide bonds. The van der Waals surface area contributed by atoms with E-state index < -0.39 is 0 Å². The zero-order chi connectivity index (χ0) is 16.9. The maximum atomic E-state index is 12.0. The molecule has 0 radical (unpaired) electrons. The van der Waals surface area contributed by atoms with Crippen LogP contribution in [0.3, 0.4) is 0 Å². The van der Waals surface area contributed by atoms with Gasteiger partial charge in [-0.2, -0.15) is 5.10 Å². The standard InChI is InChI=1S/C19H20ClN3O/c1-14-12-15(4-9-18(14)23-10-2-3-11-23)13-21-22-19(24)16-5-7-17(20)8-6-16/h4-9,12-13H,2-3,10-11H2,1H3,(H,22,24)/b21-13+. The van der Waals surface area contributed by atoms with Gasteiger partial charge in [0.1, 0.15) is 0 Å². The van der Waals surface area contributed by atoms with Gasteiger partial charge in [0, 0.05) is 29.4 Å². The Kier molecular flexibility index (Phi) is 5.16. The molecule has 2 aromatic rings. The van der Waals surface area contributed by atoms with Gasteiger partial charge in [0.2, 0.25) is 0 Å². The highest BCUT2D eigenvalue weighted by atomic mass is 35.5. The predicted molar refractivity (Wildman–Crippen MR) is 99.1 cm³/mol. The van der Waals surface area contributed by atoms with E-state index in [9.17, 15) is 4.79 Å². The molecule has 0 aliphatic carbocycles. The van der Waals surface area contributed by atoms with Gasteiger partial charge in [0.15, 0.2) is 0 Å². The molecule has 0 atom stereocenters. The summed E-state index contributed by atoms with van der Waals surface area (Å²) in [5.41, 5.74) is 6.54. The predicted octanol–water partition coefficient (Wildman–Crippen LogP) is 4.01. The highest BCUT2D eigenvalue weighted by molar-refractivity contribution is 6.30. The number of rotatable bonds is 4. The number of halogens is 1. The normalized spacial score (nSPS) is 14.3. The summed E-state index contributed by atoms with van der Waals surface area (Å²) in [7, 11) is 0. The molecular weight excluding hydrogens is 322 g/mol. The first-order chi connectivity index (χ1) is 11.6. The Labute approximate surface area is 147 Å². The Balaban J connectivity index is 1.63. The van der Waals surface area contributed by atoms with Crippen LogP contribution in [0.4, 0.5) is 5.69 Å². The molecule has 3 rings (SSSR count). The van der Waals surface area contributed by atoms with Gasteiger partial charge in [-0.1, -0.05) is 17.7 Å². The zero-order valence-corrected chi connectivity index (χ0v) is 14.4. The highest BCUT2D eigenvalue weighted by Gasteiger charge is 2.14. The number of amides is 1. The summed E-state index contributed by atoms with van der Waals surface area (Å²) in [4.78, 5) is 14.4. The van der Waals surface area contributed by atoms with Gasteiger partial charge in [-0.15, -0.1) is 0 Å². The number of nitrogens with zero attached hydrogens (tertiary/aromatic N) is 2. The molecule has 24 heavy (non-hydrogen) atoms. The van der Waals surface area contributed by atoms with E-state index in [1.807, 2.05) is 6.07 Å². The molecule has 124 valence electrons. The van der Waals surface area contributed by atoms with Gasteiger partial charge in [0.05, 0.1) is 6.21 Å². The topological polar surface area (TPSA) is 44.7 Å². The second-order valence-corrected chi connectivity index (χ2v) is 6.38. The van der Waals surface area contributed by atoms with Crippen molar-refractivity contribution in [2.75, 3.05) is 18.0 Å². The SMILES string of the molecule is Cc1cc(/C=N/NC(=O)c2ccc(Cl)cc2)ccc1N1CCCC1. The molecule has 0 bridgehead atoms. The van der Waals surface area contributed by atoms with Crippen LogP contribution in [-0.2, 0) is 0 Å². The van der Waals surface area contributed by atoms with E-state index in [4.69, 9.17) is 11.6 Å². The largest absolute Gasteiger partial charge is 0.371 e. The Morgan fingerprint density at radius 3 is 2.54 bits per heavy atom. The lowest BCUT2D eigenvalue weighted by molar-refractivity contribution is 0.0955. The molecule has 2 aromatic carbocycles. The Morgan fingerprint density at radius 2 is 1.88 bits per heavy atom. The maximum absolute atomic E-state index is 12.0. The molecule has 1 N–H and O–H groups in total. The summed E-state index contributed by atoms with van der Waals surface area (Å²) in [6, 6.07) is 12.9. The van der Waals surface area contributed by atoms with Gasteiger partial charge in [-0.25, -0.2) is 5.43 Å². The van der Waals surface area contributed by atoms with Gasteiger partial charge in [0.25, 0.3) is 5.91 Å². The molecule has 1 fully saturated rings. The number of hydrogen-bond donors (Lipinski definition) is 1. The number of carbonyl (C=O) groups is 1. The number of hydrogen-bond acceptors (Lipinski definition) is 3. The van der Waals surface area contributed by atoms with Crippen molar-refractivity contribution >= 4 is 29.4 Å². The molecule has 1 aliphatic rings. The molecular formula is C19H20ClN3O. The van der Waals surface area contributed by atoms with E-state index in [2.05, 4.69) is 34.5 Å². The minimum absolute atomic E-state index is 0.256. The second-order valence-electron chi connectivity index (χ2n) is 5.95. The van der Waals surface area contributed by atoms with Crippen molar-refractivity contribution in [3.63, 3.8) is 0 Å². The van der Waals surface area contributed by atoms with Crippen LogP contribution >= 0.6 is 11.6 Å². The van der Waals surface area contributed by atoms with Gasteiger partial charge in [-0.05, 0) is 67.3 Å².